The Kier molecular flexibility index (Phi) is 4.51. The van der Waals surface area contributed by atoms with Crippen molar-refractivity contribution in [2.24, 2.45) is 0 Å². The number of hydrogen-bond acceptors (Lipinski definition) is 3. The van der Waals surface area contributed by atoms with Gasteiger partial charge in [-0.25, -0.2) is 0 Å². The highest BCUT2D eigenvalue weighted by atomic mass is 16.5. The molecule has 0 bridgehead atoms. The highest BCUT2D eigenvalue weighted by molar-refractivity contribution is 5.99. The zero-order valence-electron chi connectivity index (χ0n) is 13.8. The van der Waals surface area contributed by atoms with E-state index in [1.54, 1.807) is 18.2 Å². The maximum absolute atomic E-state index is 12.4. The zero-order valence-corrected chi connectivity index (χ0v) is 13.8. The van der Waals surface area contributed by atoms with Gasteiger partial charge in [0.1, 0.15) is 5.75 Å². The van der Waals surface area contributed by atoms with Crippen molar-refractivity contribution in [3.8, 4) is 5.75 Å². The van der Waals surface area contributed by atoms with Crippen LogP contribution in [0.15, 0.2) is 42.5 Å². The average Bonchev–Trinajstić information content (AvgIpc) is 2.61. The Balaban J connectivity index is 1.71. The summed E-state index contributed by atoms with van der Waals surface area (Å²) in [7, 11) is 0. The van der Waals surface area contributed by atoms with Crippen molar-refractivity contribution in [3.05, 3.63) is 59.2 Å². The SMILES string of the molecule is CCc1ccc(C(C)NC(=O)c2ccc3c(c2)OCC(=O)N3)cc1. The molecule has 0 saturated heterocycles. The summed E-state index contributed by atoms with van der Waals surface area (Å²) in [4.78, 5) is 23.7. The molecule has 1 atom stereocenters. The van der Waals surface area contributed by atoms with Gasteiger partial charge in [0.05, 0.1) is 11.7 Å². The Bertz CT molecular complexity index is 769. The summed E-state index contributed by atoms with van der Waals surface area (Å²) >= 11 is 0. The molecular formula is C19H20N2O3. The second-order valence-corrected chi connectivity index (χ2v) is 5.84. The predicted octanol–water partition coefficient (Wildman–Crippen LogP) is 3.07. The van der Waals surface area contributed by atoms with Crippen LogP contribution in [0, 0.1) is 0 Å². The number of carbonyl (C=O) groups excluding carboxylic acids is 2. The van der Waals surface area contributed by atoms with Crippen molar-refractivity contribution in [1.82, 2.24) is 5.32 Å². The minimum atomic E-state index is -0.191. The van der Waals surface area contributed by atoms with E-state index in [1.165, 1.54) is 5.56 Å². The Labute approximate surface area is 141 Å². The third-order valence-corrected chi connectivity index (χ3v) is 4.11. The molecule has 0 spiro atoms. The number of nitrogens with one attached hydrogen (secondary N) is 2. The van der Waals surface area contributed by atoms with E-state index in [2.05, 4.69) is 29.7 Å². The molecule has 1 unspecified atom stereocenters. The quantitative estimate of drug-likeness (QED) is 0.908. The number of fused-ring (bicyclic) bond motifs is 1. The van der Waals surface area contributed by atoms with Crippen LogP contribution in [0.1, 0.15) is 41.4 Å². The highest BCUT2D eigenvalue weighted by Gasteiger charge is 2.18. The van der Waals surface area contributed by atoms with E-state index in [9.17, 15) is 9.59 Å². The lowest BCUT2D eigenvalue weighted by Gasteiger charge is -2.19. The maximum Gasteiger partial charge on any atom is 0.262 e. The summed E-state index contributed by atoms with van der Waals surface area (Å²) in [5.74, 6) is 0.149. The molecule has 0 aliphatic carbocycles. The van der Waals surface area contributed by atoms with Crippen LogP contribution in [0.5, 0.6) is 5.75 Å². The summed E-state index contributed by atoms with van der Waals surface area (Å²) < 4.78 is 5.35. The number of aryl methyl sites for hydroxylation is 1. The molecule has 5 nitrogen and oxygen atoms in total. The fraction of sp³-hybridized carbons (Fsp3) is 0.263. The molecule has 1 heterocycles. The van der Waals surface area contributed by atoms with Gasteiger partial charge in [-0.2, -0.15) is 0 Å². The molecule has 2 amide bonds. The molecular weight excluding hydrogens is 304 g/mol. The van der Waals surface area contributed by atoms with Crippen LogP contribution in [-0.4, -0.2) is 18.4 Å². The van der Waals surface area contributed by atoms with Crippen molar-refractivity contribution in [2.45, 2.75) is 26.3 Å². The first kappa shape index (κ1) is 16.1. The number of benzene rings is 2. The number of hydrogen-bond donors (Lipinski definition) is 2. The topological polar surface area (TPSA) is 67.4 Å². The minimum Gasteiger partial charge on any atom is -0.482 e. The van der Waals surface area contributed by atoms with Gasteiger partial charge in [0, 0.05) is 5.56 Å². The van der Waals surface area contributed by atoms with Gasteiger partial charge < -0.3 is 15.4 Å². The van der Waals surface area contributed by atoms with Crippen molar-refractivity contribution >= 4 is 17.5 Å². The first-order valence-electron chi connectivity index (χ1n) is 8.03. The van der Waals surface area contributed by atoms with Gasteiger partial charge in [0.25, 0.3) is 11.8 Å². The second-order valence-electron chi connectivity index (χ2n) is 5.84. The Morgan fingerprint density at radius 2 is 2.00 bits per heavy atom. The summed E-state index contributed by atoms with van der Waals surface area (Å²) in [5, 5.41) is 5.69. The van der Waals surface area contributed by atoms with E-state index in [4.69, 9.17) is 4.74 Å². The smallest absolute Gasteiger partial charge is 0.262 e. The van der Waals surface area contributed by atoms with E-state index in [0.29, 0.717) is 17.0 Å². The number of amides is 2. The normalized spacial score (nSPS) is 14.2. The molecule has 2 aromatic rings. The van der Waals surface area contributed by atoms with Gasteiger partial charge >= 0.3 is 0 Å². The molecule has 24 heavy (non-hydrogen) atoms. The summed E-state index contributed by atoms with van der Waals surface area (Å²) in [6.45, 7) is 4.03. The van der Waals surface area contributed by atoms with E-state index in [0.717, 1.165) is 12.0 Å². The Morgan fingerprint density at radius 3 is 2.71 bits per heavy atom. The largest absolute Gasteiger partial charge is 0.482 e. The Morgan fingerprint density at radius 1 is 1.25 bits per heavy atom. The lowest BCUT2D eigenvalue weighted by molar-refractivity contribution is -0.118. The maximum atomic E-state index is 12.4. The molecule has 2 N–H and O–H groups in total. The molecule has 2 aromatic carbocycles. The molecule has 1 aliphatic rings. The Hall–Kier alpha value is -2.82. The van der Waals surface area contributed by atoms with E-state index in [1.807, 2.05) is 19.1 Å². The summed E-state index contributed by atoms with van der Waals surface area (Å²) in [6, 6.07) is 13.1. The molecule has 124 valence electrons. The van der Waals surface area contributed by atoms with Crippen LogP contribution >= 0.6 is 0 Å². The lowest BCUT2D eigenvalue weighted by Crippen LogP contribution is -2.28. The van der Waals surface area contributed by atoms with E-state index >= 15 is 0 Å². The first-order valence-corrected chi connectivity index (χ1v) is 8.03. The average molecular weight is 324 g/mol. The summed E-state index contributed by atoms with van der Waals surface area (Å²) in [5.41, 5.74) is 3.42. The molecule has 1 aliphatic heterocycles. The standard InChI is InChI=1S/C19H20N2O3/c1-3-13-4-6-14(7-5-13)12(2)20-19(23)15-8-9-16-17(10-15)24-11-18(22)21-16/h4-10,12H,3,11H2,1-2H3,(H,20,23)(H,21,22). The van der Waals surface area contributed by atoms with Crippen LogP contribution in [0.2, 0.25) is 0 Å². The van der Waals surface area contributed by atoms with Crippen LogP contribution in [0.25, 0.3) is 0 Å². The summed E-state index contributed by atoms with van der Waals surface area (Å²) in [6.07, 6.45) is 0.993. The van der Waals surface area contributed by atoms with Gasteiger partial charge in [0.15, 0.2) is 6.61 Å². The van der Waals surface area contributed by atoms with Crippen LogP contribution in [0.3, 0.4) is 0 Å². The monoisotopic (exact) mass is 324 g/mol. The minimum absolute atomic E-state index is 0.0295. The van der Waals surface area contributed by atoms with Crippen molar-refractivity contribution in [2.75, 3.05) is 11.9 Å². The van der Waals surface area contributed by atoms with E-state index in [-0.39, 0.29) is 24.5 Å². The van der Waals surface area contributed by atoms with Crippen LogP contribution < -0.4 is 15.4 Å². The van der Waals surface area contributed by atoms with Gasteiger partial charge in [-0.05, 0) is 42.7 Å². The fourth-order valence-electron chi connectivity index (χ4n) is 2.62. The van der Waals surface area contributed by atoms with Gasteiger partial charge in [-0.15, -0.1) is 0 Å². The molecule has 3 rings (SSSR count). The van der Waals surface area contributed by atoms with Crippen LogP contribution in [-0.2, 0) is 11.2 Å². The second kappa shape index (κ2) is 6.74. The number of rotatable bonds is 4. The van der Waals surface area contributed by atoms with Gasteiger partial charge in [0.2, 0.25) is 0 Å². The third-order valence-electron chi connectivity index (χ3n) is 4.11. The van der Waals surface area contributed by atoms with Gasteiger partial charge in [-0.1, -0.05) is 31.2 Å². The number of ether oxygens (including phenoxy) is 1. The molecule has 0 fully saturated rings. The molecule has 0 radical (unpaired) electrons. The first-order chi connectivity index (χ1) is 11.6. The van der Waals surface area contributed by atoms with E-state index < -0.39 is 0 Å². The number of carbonyl (C=O) groups is 2. The van der Waals surface area contributed by atoms with Crippen molar-refractivity contribution in [1.29, 1.82) is 0 Å². The molecule has 0 saturated carbocycles. The highest BCUT2D eigenvalue weighted by Crippen LogP contribution is 2.28. The third kappa shape index (κ3) is 3.40. The zero-order chi connectivity index (χ0) is 17.1. The van der Waals surface area contributed by atoms with Gasteiger partial charge in [-0.3, -0.25) is 9.59 Å². The molecule has 5 heteroatoms. The lowest BCUT2D eigenvalue weighted by atomic mass is 10.0. The number of anilines is 1. The van der Waals surface area contributed by atoms with Crippen molar-refractivity contribution < 1.29 is 14.3 Å². The predicted molar refractivity (Wildman–Crippen MR) is 92.3 cm³/mol. The van der Waals surface area contributed by atoms with Crippen LogP contribution in [0.4, 0.5) is 5.69 Å². The fourth-order valence-corrected chi connectivity index (χ4v) is 2.62. The molecule has 0 aromatic heterocycles. The van der Waals surface area contributed by atoms with Crippen molar-refractivity contribution in [3.63, 3.8) is 0 Å².